The summed E-state index contributed by atoms with van der Waals surface area (Å²) in [4.78, 5) is 17.6. The Hall–Kier alpha value is -2.17. The maximum absolute atomic E-state index is 12.8. The van der Waals surface area contributed by atoms with Crippen LogP contribution in [-0.4, -0.2) is 29.4 Å². The third-order valence-corrected chi connectivity index (χ3v) is 4.30. The van der Waals surface area contributed by atoms with E-state index in [1.165, 1.54) is 0 Å². The molecule has 2 aromatic carbocycles. The summed E-state index contributed by atoms with van der Waals surface area (Å²) < 4.78 is 6.02. The molecule has 2 atom stereocenters. The second-order valence-electron chi connectivity index (χ2n) is 7.40. The molecule has 0 aromatic heterocycles. The van der Waals surface area contributed by atoms with Gasteiger partial charge in [0.25, 0.3) is 5.91 Å². The third-order valence-electron chi connectivity index (χ3n) is 4.06. The van der Waals surface area contributed by atoms with E-state index in [9.17, 15) is 4.79 Å². The van der Waals surface area contributed by atoms with Crippen LogP contribution in [0.3, 0.4) is 0 Å². The summed E-state index contributed by atoms with van der Waals surface area (Å²) in [5.41, 5.74) is 2.80. The number of hydrogen-bond acceptors (Lipinski definition) is 3. The van der Waals surface area contributed by atoms with Crippen LogP contribution < -0.4 is 5.32 Å². The van der Waals surface area contributed by atoms with E-state index < -0.39 is 6.04 Å². The molecule has 0 fully saturated rings. The van der Waals surface area contributed by atoms with Gasteiger partial charge in [0.15, 0.2) is 6.04 Å². The molecule has 0 saturated heterocycles. The lowest BCUT2D eigenvalue weighted by Gasteiger charge is -2.28. The summed E-state index contributed by atoms with van der Waals surface area (Å²) in [6.07, 6.45) is -0.376. The van der Waals surface area contributed by atoms with Gasteiger partial charge in [-0.3, -0.25) is 9.79 Å². The predicted octanol–water partition coefficient (Wildman–Crippen LogP) is 4.70. The Kier molecular flexibility index (Phi) is 5.17. The van der Waals surface area contributed by atoms with Crippen LogP contribution in [0.4, 0.5) is 5.69 Å². The van der Waals surface area contributed by atoms with E-state index >= 15 is 0 Å². The van der Waals surface area contributed by atoms with E-state index in [2.05, 4.69) is 5.32 Å². The monoisotopic (exact) mass is 370 g/mol. The first-order valence-corrected chi connectivity index (χ1v) is 9.04. The number of hydrogen-bond donors (Lipinski definition) is 1. The quantitative estimate of drug-likeness (QED) is 0.851. The van der Waals surface area contributed by atoms with E-state index in [0.717, 1.165) is 16.8 Å². The van der Waals surface area contributed by atoms with Crippen molar-refractivity contribution in [2.45, 2.75) is 45.4 Å². The van der Waals surface area contributed by atoms with Crippen molar-refractivity contribution in [2.24, 2.45) is 4.99 Å². The molecular formula is C21H23ClN2O2. The fraction of sp³-hybridized carbons (Fsp3) is 0.333. The molecule has 4 nitrogen and oxygen atoms in total. The van der Waals surface area contributed by atoms with Gasteiger partial charge in [0.1, 0.15) is 0 Å². The largest absolute Gasteiger partial charge is 0.370 e. The van der Waals surface area contributed by atoms with Crippen LogP contribution >= 0.6 is 11.6 Å². The van der Waals surface area contributed by atoms with Gasteiger partial charge in [0, 0.05) is 16.1 Å². The average Bonchev–Trinajstić information content (AvgIpc) is 2.70. The molecule has 1 amide bonds. The first-order valence-electron chi connectivity index (χ1n) is 8.66. The average molecular weight is 371 g/mol. The number of rotatable bonds is 3. The van der Waals surface area contributed by atoms with Gasteiger partial charge in [-0.2, -0.15) is 0 Å². The molecule has 1 aliphatic rings. The number of ether oxygens (including phenoxy) is 1. The molecule has 1 heterocycles. The van der Waals surface area contributed by atoms with Crippen molar-refractivity contribution >= 4 is 28.9 Å². The lowest BCUT2D eigenvalue weighted by atomic mass is 10.0. The molecule has 0 radical (unpaired) electrons. The van der Waals surface area contributed by atoms with Crippen LogP contribution in [0.1, 0.15) is 38.8 Å². The normalized spacial score (nSPS) is 18.4. The van der Waals surface area contributed by atoms with Crippen LogP contribution in [0.15, 0.2) is 53.5 Å². The van der Waals surface area contributed by atoms with Gasteiger partial charge >= 0.3 is 0 Å². The number of nitrogens with zero attached hydrogens (tertiary/aromatic N) is 1. The number of anilines is 1. The summed E-state index contributed by atoms with van der Waals surface area (Å²) in [6.45, 7) is 7.78. The number of carbonyl (C=O) groups is 1. The standard InChI is InChI=1S/C21H23ClN2O2/c1-13(26-21(2,3)4)18-20(25)23-17-11-10-15(22)12-16(17)19(24-18)14-8-6-5-7-9-14/h5-13,18H,1-4H3,(H,23,25)/t13-,18?/m1/s1. The van der Waals surface area contributed by atoms with Crippen molar-refractivity contribution in [3.8, 4) is 0 Å². The zero-order valence-corrected chi connectivity index (χ0v) is 16.2. The third kappa shape index (κ3) is 4.14. The number of benzodiazepines with no additional fused rings is 1. The predicted molar refractivity (Wildman–Crippen MR) is 106 cm³/mol. The molecule has 0 bridgehead atoms. The van der Waals surface area contributed by atoms with Gasteiger partial charge in [0.05, 0.1) is 23.1 Å². The Morgan fingerprint density at radius 1 is 1.15 bits per heavy atom. The van der Waals surface area contributed by atoms with E-state index in [1.807, 2.05) is 70.2 Å². The second-order valence-corrected chi connectivity index (χ2v) is 7.84. The summed E-state index contributed by atoms with van der Waals surface area (Å²) in [6, 6.07) is 14.6. The van der Waals surface area contributed by atoms with Gasteiger partial charge in [0.2, 0.25) is 0 Å². The van der Waals surface area contributed by atoms with Gasteiger partial charge in [-0.05, 0) is 45.9 Å². The molecule has 0 spiro atoms. The highest BCUT2D eigenvalue weighted by molar-refractivity contribution is 6.32. The Labute approximate surface area is 159 Å². The topological polar surface area (TPSA) is 50.7 Å². The Morgan fingerprint density at radius 2 is 1.85 bits per heavy atom. The number of amides is 1. The van der Waals surface area contributed by atoms with Gasteiger partial charge in [-0.15, -0.1) is 0 Å². The fourth-order valence-corrected chi connectivity index (χ4v) is 3.23. The van der Waals surface area contributed by atoms with Crippen molar-refractivity contribution in [3.05, 3.63) is 64.7 Å². The molecule has 1 aliphatic heterocycles. The number of fused-ring (bicyclic) bond motifs is 1. The molecule has 1 unspecified atom stereocenters. The minimum Gasteiger partial charge on any atom is -0.370 e. The first-order chi connectivity index (χ1) is 12.2. The number of carbonyl (C=O) groups excluding carboxylic acids is 1. The lowest BCUT2D eigenvalue weighted by Crippen LogP contribution is -2.40. The van der Waals surface area contributed by atoms with E-state index in [-0.39, 0.29) is 17.6 Å². The van der Waals surface area contributed by atoms with Crippen LogP contribution in [0.5, 0.6) is 0 Å². The number of halogens is 1. The maximum Gasteiger partial charge on any atom is 0.251 e. The molecule has 2 aromatic rings. The number of nitrogens with one attached hydrogen (secondary N) is 1. The van der Waals surface area contributed by atoms with Crippen molar-refractivity contribution in [1.82, 2.24) is 0 Å². The molecule has 26 heavy (non-hydrogen) atoms. The van der Waals surface area contributed by atoms with Crippen LogP contribution in [-0.2, 0) is 9.53 Å². The summed E-state index contributed by atoms with van der Waals surface area (Å²) >= 11 is 6.21. The first kappa shape index (κ1) is 18.6. The minimum atomic E-state index is -0.657. The Balaban J connectivity index is 2.12. The zero-order chi connectivity index (χ0) is 18.9. The number of aliphatic imine (C=N–C) groups is 1. The highest BCUT2D eigenvalue weighted by atomic mass is 35.5. The molecular weight excluding hydrogens is 348 g/mol. The molecule has 0 saturated carbocycles. The van der Waals surface area contributed by atoms with Gasteiger partial charge < -0.3 is 10.1 Å². The SMILES string of the molecule is C[C@@H](OC(C)(C)C)C1N=C(c2ccccc2)c2cc(Cl)ccc2NC1=O. The Morgan fingerprint density at radius 3 is 2.50 bits per heavy atom. The smallest absolute Gasteiger partial charge is 0.251 e. The maximum atomic E-state index is 12.8. The van der Waals surface area contributed by atoms with Gasteiger partial charge in [-0.1, -0.05) is 41.9 Å². The molecule has 3 rings (SSSR count). The molecule has 1 N–H and O–H groups in total. The number of benzene rings is 2. The van der Waals surface area contributed by atoms with Crippen molar-refractivity contribution in [3.63, 3.8) is 0 Å². The van der Waals surface area contributed by atoms with Crippen LogP contribution in [0.2, 0.25) is 5.02 Å². The highest BCUT2D eigenvalue weighted by Gasteiger charge is 2.32. The fourth-order valence-electron chi connectivity index (χ4n) is 3.06. The van der Waals surface area contributed by atoms with Crippen molar-refractivity contribution in [2.75, 3.05) is 5.32 Å². The Bertz CT molecular complexity index is 841. The summed E-state index contributed by atoms with van der Waals surface area (Å²) in [7, 11) is 0. The summed E-state index contributed by atoms with van der Waals surface area (Å²) in [5.74, 6) is -0.184. The van der Waals surface area contributed by atoms with E-state index in [0.29, 0.717) is 10.7 Å². The molecule has 136 valence electrons. The van der Waals surface area contributed by atoms with E-state index in [4.69, 9.17) is 21.3 Å². The summed E-state index contributed by atoms with van der Waals surface area (Å²) in [5, 5.41) is 3.57. The zero-order valence-electron chi connectivity index (χ0n) is 15.4. The lowest BCUT2D eigenvalue weighted by molar-refractivity contribution is -0.124. The minimum absolute atomic E-state index is 0.184. The van der Waals surface area contributed by atoms with Gasteiger partial charge in [-0.25, -0.2) is 0 Å². The van der Waals surface area contributed by atoms with Crippen molar-refractivity contribution in [1.29, 1.82) is 0 Å². The molecule has 5 heteroatoms. The van der Waals surface area contributed by atoms with E-state index in [1.54, 1.807) is 6.07 Å². The van der Waals surface area contributed by atoms with Crippen LogP contribution in [0.25, 0.3) is 0 Å². The second kappa shape index (κ2) is 7.22. The van der Waals surface area contributed by atoms with Crippen LogP contribution in [0, 0.1) is 0 Å². The highest BCUT2D eigenvalue weighted by Crippen LogP contribution is 2.28. The molecule has 0 aliphatic carbocycles. The van der Waals surface area contributed by atoms with Crippen molar-refractivity contribution < 1.29 is 9.53 Å².